The quantitative estimate of drug-likeness (QED) is 0.303. The summed E-state index contributed by atoms with van der Waals surface area (Å²) in [5.74, 6) is 1.06. The van der Waals surface area contributed by atoms with Gasteiger partial charge in [0.25, 0.3) is 0 Å². The molecule has 2 N–H and O–H groups in total. The summed E-state index contributed by atoms with van der Waals surface area (Å²) in [6, 6.07) is 0. The third-order valence-electron chi connectivity index (χ3n) is 8.38. The van der Waals surface area contributed by atoms with Crippen molar-refractivity contribution in [3.05, 3.63) is 47.1 Å². The highest BCUT2D eigenvalue weighted by Gasteiger charge is 2.40. The maximum atomic E-state index is 10.2. The summed E-state index contributed by atoms with van der Waals surface area (Å²) in [5, 5.41) is 18.5. The topological polar surface area (TPSA) is 44.1 Å². The summed E-state index contributed by atoms with van der Waals surface area (Å²) < 4.78 is 0. The highest BCUT2D eigenvalue weighted by atomic mass is 16.3. The molecule has 0 aliphatic heterocycles. The number of rotatable bonds is 7. The second-order valence-electron chi connectivity index (χ2n) is 11.6. The van der Waals surface area contributed by atoms with Gasteiger partial charge in [-0.25, -0.2) is 0 Å². The zero-order valence-electron chi connectivity index (χ0n) is 22.0. The first-order chi connectivity index (χ1) is 14.9. The number of allylic oxidation sites excluding steroid dienone is 5. The predicted octanol–water partition coefficient (Wildman–Crippen LogP) is 8.59. The maximum absolute atomic E-state index is 10.2. The highest BCUT2D eigenvalue weighted by molar-refractivity contribution is 5.86. The average Bonchev–Trinajstić information content (AvgIpc) is 2.71. The van der Waals surface area contributed by atoms with E-state index in [-0.39, 0.29) is 16.9 Å². The van der Waals surface area contributed by atoms with E-state index in [4.69, 9.17) is 5.41 Å². The minimum atomic E-state index is -0.363. The van der Waals surface area contributed by atoms with Crippen LogP contribution < -0.4 is 0 Å². The molecular weight excluding hydrogens is 390 g/mol. The molecule has 2 heteroatoms. The molecule has 2 aliphatic rings. The smallest absolute Gasteiger partial charge is 0.0787 e. The van der Waals surface area contributed by atoms with E-state index in [1.165, 1.54) is 24.8 Å². The summed E-state index contributed by atoms with van der Waals surface area (Å²) in [6.07, 6.45) is 16.4. The van der Waals surface area contributed by atoms with E-state index in [0.717, 1.165) is 49.8 Å². The molecule has 0 bridgehead atoms. The van der Waals surface area contributed by atoms with Crippen molar-refractivity contribution in [2.24, 2.45) is 22.7 Å². The van der Waals surface area contributed by atoms with Crippen LogP contribution >= 0.6 is 0 Å². The molecule has 2 aliphatic carbocycles. The van der Waals surface area contributed by atoms with Crippen molar-refractivity contribution in [2.45, 2.75) is 112 Å². The Hall–Kier alpha value is -1.41. The molecule has 180 valence electrons. The van der Waals surface area contributed by atoms with Crippen LogP contribution in [-0.4, -0.2) is 16.9 Å². The average molecular weight is 440 g/mol. The van der Waals surface area contributed by atoms with Gasteiger partial charge in [-0.15, -0.1) is 0 Å². The molecule has 0 amide bonds. The Kier molecular flexibility index (Phi) is 9.35. The van der Waals surface area contributed by atoms with Crippen LogP contribution in [0.5, 0.6) is 0 Å². The molecule has 3 unspecified atom stereocenters. The van der Waals surface area contributed by atoms with Gasteiger partial charge in [0.1, 0.15) is 0 Å². The van der Waals surface area contributed by atoms with Gasteiger partial charge < -0.3 is 10.5 Å². The largest absolute Gasteiger partial charge is 0.388 e. The minimum absolute atomic E-state index is 0.00951. The van der Waals surface area contributed by atoms with Gasteiger partial charge in [0.15, 0.2) is 0 Å². The fourth-order valence-corrected chi connectivity index (χ4v) is 5.85. The Morgan fingerprint density at radius 1 is 1.25 bits per heavy atom. The van der Waals surface area contributed by atoms with Crippen molar-refractivity contribution < 1.29 is 5.11 Å². The van der Waals surface area contributed by atoms with E-state index in [0.29, 0.717) is 11.8 Å². The number of aliphatic hydroxyl groups excluding tert-OH is 1. The number of aliphatic hydroxyl groups is 1. The van der Waals surface area contributed by atoms with Gasteiger partial charge in [-0.3, -0.25) is 0 Å². The summed E-state index contributed by atoms with van der Waals surface area (Å²) >= 11 is 0. The first-order valence-electron chi connectivity index (χ1n) is 12.9. The van der Waals surface area contributed by atoms with Crippen molar-refractivity contribution in [1.82, 2.24) is 0 Å². The molecule has 0 radical (unpaired) electrons. The van der Waals surface area contributed by atoms with Gasteiger partial charge in [-0.2, -0.15) is 0 Å². The Labute approximate surface area is 198 Å². The minimum Gasteiger partial charge on any atom is -0.388 e. The Balaban J connectivity index is 2.12. The zero-order chi connectivity index (χ0) is 24.1. The molecular formula is C30H49NO. The fraction of sp³-hybridized carbons (Fsp3) is 0.700. The van der Waals surface area contributed by atoms with Crippen LogP contribution in [0.3, 0.4) is 0 Å². The first-order valence-corrected chi connectivity index (χ1v) is 12.9. The molecule has 0 aromatic rings. The van der Waals surface area contributed by atoms with Crippen LogP contribution in [0.2, 0.25) is 0 Å². The van der Waals surface area contributed by atoms with Crippen molar-refractivity contribution in [1.29, 1.82) is 5.41 Å². The monoisotopic (exact) mass is 439 g/mol. The molecule has 2 rings (SSSR count). The second-order valence-corrected chi connectivity index (χ2v) is 11.6. The van der Waals surface area contributed by atoms with Crippen LogP contribution in [0, 0.1) is 28.1 Å². The zero-order valence-corrected chi connectivity index (χ0v) is 22.0. The van der Waals surface area contributed by atoms with Crippen LogP contribution in [0.4, 0.5) is 0 Å². The normalized spacial score (nSPS) is 31.2. The Morgan fingerprint density at radius 2 is 1.94 bits per heavy atom. The molecule has 0 heterocycles. The molecule has 2 saturated carbocycles. The maximum Gasteiger partial charge on any atom is 0.0787 e. The van der Waals surface area contributed by atoms with Gasteiger partial charge in [0.05, 0.1) is 6.10 Å². The number of hydrogen-bond donors (Lipinski definition) is 2. The molecule has 0 saturated heterocycles. The van der Waals surface area contributed by atoms with Gasteiger partial charge >= 0.3 is 0 Å². The summed E-state index contributed by atoms with van der Waals surface area (Å²) in [5.41, 5.74) is 6.35. The molecule has 0 aromatic heterocycles. The van der Waals surface area contributed by atoms with E-state index in [2.05, 4.69) is 73.3 Å². The van der Waals surface area contributed by atoms with Gasteiger partial charge in [0, 0.05) is 5.71 Å². The van der Waals surface area contributed by atoms with Crippen LogP contribution in [0.15, 0.2) is 47.1 Å². The van der Waals surface area contributed by atoms with E-state index in [1.54, 1.807) is 11.1 Å². The number of hydrogen-bond acceptors (Lipinski definition) is 2. The third-order valence-corrected chi connectivity index (χ3v) is 8.38. The highest BCUT2D eigenvalue weighted by Crippen LogP contribution is 2.51. The first kappa shape index (κ1) is 26.8. The number of nitrogens with one attached hydrogen (secondary N) is 1. The molecule has 0 aromatic carbocycles. The molecule has 4 atom stereocenters. The Bertz CT molecular complexity index is 775. The van der Waals surface area contributed by atoms with Gasteiger partial charge in [0.2, 0.25) is 0 Å². The van der Waals surface area contributed by atoms with Crippen molar-refractivity contribution in [3.63, 3.8) is 0 Å². The van der Waals surface area contributed by atoms with Crippen LogP contribution in [0.1, 0.15) is 106 Å². The standard InChI is InChI=1S/C30H49NO/c1-9-26(21(2)13-10-17-28(31)29(5,6)7)30(8)20-12-15-25(23(30)4)19-18-24-14-11-16-27(32)22(24)3/h9,18-19,21,23,27,31-32H,3,10-17,20H2,1-2,4-8H3/b24-18-,25-19+,26-9-,31-28?/t21-,23?,27?,30?/m1/s1. The van der Waals surface area contributed by atoms with Crippen molar-refractivity contribution in [3.8, 4) is 0 Å². The molecule has 0 spiro atoms. The lowest BCUT2D eigenvalue weighted by molar-refractivity contribution is 0.191. The van der Waals surface area contributed by atoms with Crippen molar-refractivity contribution in [2.75, 3.05) is 0 Å². The summed E-state index contributed by atoms with van der Waals surface area (Å²) in [7, 11) is 0. The van der Waals surface area contributed by atoms with Crippen molar-refractivity contribution >= 4 is 5.71 Å². The molecule has 32 heavy (non-hydrogen) atoms. The Morgan fingerprint density at radius 3 is 2.56 bits per heavy atom. The lowest BCUT2D eigenvalue weighted by Gasteiger charge is -2.45. The molecule has 2 fully saturated rings. The van der Waals surface area contributed by atoms with Gasteiger partial charge in [-0.1, -0.05) is 77.5 Å². The lowest BCUT2D eigenvalue weighted by Crippen LogP contribution is -2.35. The SMILES string of the molecule is C=C1/C(=C\C=C2/CCCC(C)(/C(=C\C)[C@H](C)CCCC(=N)C(C)(C)C)C2C)CCCC1O. The van der Waals surface area contributed by atoms with Crippen LogP contribution in [0.25, 0.3) is 0 Å². The third kappa shape index (κ3) is 6.34. The lowest BCUT2D eigenvalue weighted by atomic mass is 9.59. The van der Waals surface area contributed by atoms with E-state index in [9.17, 15) is 5.11 Å². The fourth-order valence-electron chi connectivity index (χ4n) is 5.85. The molecule has 2 nitrogen and oxygen atoms in total. The predicted molar refractivity (Wildman–Crippen MR) is 140 cm³/mol. The van der Waals surface area contributed by atoms with Crippen LogP contribution in [-0.2, 0) is 0 Å². The van der Waals surface area contributed by atoms with E-state index in [1.807, 2.05) is 0 Å². The second kappa shape index (κ2) is 11.1. The summed E-state index contributed by atoms with van der Waals surface area (Å²) in [4.78, 5) is 0. The van der Waals surface area contributed by atoms with Gasteiger partial charge in [-0.05, 0) is 98.5 Å². The summed E-state index contributed by atoms with van der Waals surface area (Å²) in [6.45, 7) is 20.1. The van der Waals surface area contributed by atoms with E-state index >= 15 is 0 Å². The van der Waals surface area contributed by atoms with E-state index < -0.39 is 0 Å².